The van der Waals surface area contributed by atoms with Gasteiger partial charge in [-0.15, -0.1) is 13.2 Å². The predicted molar refractivity (Wildman–Crippen MR) is 107 cm³/mol. The van der Waals surface area contributed by atoms with Gasteiger partial charge in [-0.1, -0.05) is 12.1 Å². The highest BCUT2D eigenvalue weighted by atomic mass is 19.4. The summed E-state index contributed by atoms with van der Waals surface area (Å²) in [6.45, 7) is 0.190. The quantitative estimate of drug-likeness (QED) is 0.488. The summed E-state index contributed by atoms with van der Waals surface area (Å²) in [5.74, 6) is -0.198. The summed E-state index contributed by atoms with van der Waals surface area (Å²) in [6.07, 6.45) is -3.07. The number of carbonyl (C=O) groups is 1. The number of primary amides is 1. The van der Waals surface area contributed by atoms with Crippen molar-refractivity contribution in [2.75, 3.05) is 0 Å². The number of hydrogen-bond donors (Lipinski definition) is 1. The smallest absolute Gasteiger partial charge is 0.489 e. The van der Waals surface area contributed by atoms with Crippen LogP contribution in [0.15, 0.2) is 73.1 Å². The molecule has 0 unspecified atom stereocenters. The van der Waals surface area contributed by atoms with Gasteiger partial charge in [0.15, 0.2) is 0 Å². The fraction of sp³-hybridized carbons (Fsp3) is 0.0909. The molecule has 0 saturated heterocycles. The van der Waals surface area contributed by atoms with Crippen LogP contribution in [0.25, 0.3) is 16.7 Å². The van der Waals surface area contributed by atoms with E-state index in [4.69, 9.17) is 10.5 Å². The molecule has 1 amide bonds. The molecular weight excluding hydrogens is 411 g/mol. The lowest BCUT2D eigenvalue weighted by atomic mass is 10.2. The Kier molecular flexibility index (Phi) is 5.24. The molecule has 0 atom stereocenters. The number of carbonyl (C=O) groups excluding carboxylic acids is 1. The Morgan fingerprint density at radius 3 is 2.29 bits per heavy atom. The molecule has 0 fully saturated rings. The van der Waals surface area contributed by atoms with Gasteiger partial charge in [-0.3, -0.25) is 9.36 Å². The molecule has 6 nitrogen and oxygen atoms in total. The lowest BCUT2D eigenvalue weighted by molar-refractivity contribution is -0.274. The van der Waals surface area contributed by atoms with Crippen LogP contribution >= 0.6 is 0 Å². The number of rotatable bonds is 6. The Hall–Kier alpha value is -4.01. The maximum atomic E-state index is 12.2. The summed E-state index contributed by atoms with van der Waals surface area (Å²) < 4.78 is 48.0. The summed E-state index contributed by atoms with van der Waals surface area (Å²) in [7, 11) is 0. The first-order valence-electron chi connectivity index (χ1n) is 9.13. The lowest BCUT2D eigenvalue weighted by Crippen LogP contribution is -2.17. The number of nitrogens with two attached hydrogens (primary N) is 1. The molecule has 1 aromatic heterocycles. The number of aromatic nitrogens is 2. The van der Waals surface area contributed by atoms with Crippen molar-refractivity contribution in [1.29, 1.82) is 0 Å². The minimum atomic E-state index is -4.72. The summed E-state index contributed by atoms with van der Waals surface area (Å²) in [5, 5.41) is 0. The first-order chi connectivity index (χ1) is 14.8. The van der Waals surface area contributed by atoms with Gasteiger partial charge in [0.2, 0.25) is 5.91 Å². The van der Waals surface area contributed by atoms with Crippen molar-refractivity contribution in [1.82, 2.24) is 9.55 Å². The van der Waals surface area contributed by atoms with E-state index in [1.807, 2.05) is 16.7 Å². The Labute approximate surface area is 174 Å². The third-order valence-corrected chi connectivity index (χ3v) is 4.51. The van der Waals surface area contributed by atoms with Gasteiger partial charge in [-0.2, -0.15) is 0 Å². The van der Waals surface area contributed by atoms with Crippen molar-refractivity contribution in [3.8, 4) is 17.2 Å². The number of alkyl halides is 3. The number of amides is 1. The van der Waals surface area contributed by atoms with Crippen LogP contribution < -0.4 is 15.2 Å². The molecule has 158 valence electrons. The van der Waals surface area contributed by atoms with Crippen LogP contribution in [0.1, 0.15) is 15.9 Å². The van der Waals surface area contributed by atoms with Crippen LogP contribution in [0.2, 0.25) is 0 Å². The van der Waals surface area contributed by atoms with Crippen LogP contribution in [0.5, 0.6) is 11.5 Å². The Morgan fingerprint density at radius 2 is 1.65 bits per heavy atom. The number of imidazole rings is 1. The van der Waals surface area contributed by atoms with Crippen molar-refractivity contribution in [2.45, 2.75) is 13.0 Å². The monoisotopic (exact) mass is 427 g/mol. The Balaban J connectivity index is 1.43. The van der Waals surface area contributed by atoms with Gasteiger partial charge in [0.25, 0.3) is 0 Å². The molecule has 0 radical (unpaired) electrons. The minimum Gasteiger partial charge on any atom is -0.489 e. The molecule has 0 aliphatic rings. The zero-order valence-electron chi connectivity index (χ0n) is 16.0. The molecule has 1 heterocycles. The molecule has 9 heteroatoms. The van der Waals surface area contributed by atoms with Crippen LogP contribution in [-0.2, 0) is 6.61 Å². The van der Waals surface area contributed by atoms with E-state index in [-0.39, 0.29) is 12.4 Å². The van der Waals surface area contributed by atoms with Gasteiger partial charge >= 0.3 is 6.36 Å². The average molecular weight is 427 g/mol. The second-order valence-corrected chi connectivity index (χ2v) is 6.66. The fourth-order valence-electron chi connectivity index (χ4n) is 3.03. The van der Waals surface area contributed by atoms with Crippen LogP contribution in [-0.4, -0.2) is 21.8 Å². The second kappa shape index (κ2) is 8.02. The molecule has 0 bridgehead atoms. The molecule has 0 aliphatic heterocycles. The van der Waals surface area contributed by atoms with E-state index in [0.717, 1.165) is 11.2 Å². The Morgan fingerprint density at radius 1 is 0.968 bits per heavy atom. The molecule has 0 saturated carbocycles. The number of hydrogen-bond acceptors (Lipinski definition) is 4. The number of halogens is 3. The van der Waals surface area contributed by atoms with E-state index in [1.165, 1.54) is 24.3 Å². The summed E-state index contributed by atoms with van der Waals surface area (Å²) in [5.41, 5.74) is 8.70. The van der Waals surface area contributed by atoms with Crippen molar-refractivity contribution >= 4 is 16.9 Å². The maximum absolute atomic E-state index is 12.2. The van der Waals surface area contributed by atoms with Crippen molar-refractivity contribution in [3.63, 3.8) is 0 Å². The van der Waals surface area contributed by atoms with Crippen LogP contribution in [0.4, 0.5) is 13.2 Å². The van der Waals surface area contributed by atoms with E-state index in [0.29, 0.717) is 22.4 Å². The van der Waals surface area contributed by atoms with E-state index in [9.17, 15) is 18.0 Å². The van der Waals surface area contributed by atoms with Gasteiger partial charge in [0.1, 0.15) is 24.4 Å². The van der Waals surface area contributed by atoms with Crippen molar-refractivity contribution in [3.05, 3.63) is 84.2 Å². The number of benzene rings is 3. The summed E-state index contributed by atoms with van der Waals surface area (Å²) in [4.78, 5) is 15.6. The van der Waals surface area contributed by atoms with Gasteiger partial charge in [-0.25, -0.2) is 4.98 Å². The maximum Gasteiger partial charge on any atom is 0.573 e. The summed E-state index contributed by atoms with van der Waals surface area (Å²) in [6, 6.07) is 17.8. The number of ether oxygens (including phenoxy) is 2. The fourth-order valence-corrected chi connectivity index (χ4v) is 3.03. The number of fused-ring (bicyclic) bond motifs is 1. The normalized spacial score (nSPS) is 11.5. The molecular formula is C22H16F3N3O3. The standard InChI is InChI=1S/C22H16F3N3O3/c23-22(24,25)31-18-6-1-14(2-7-18)12-30-17-8-4-16(5-9-17)28-13-27-19-11-15(21(26)29)3-10-20(19)28/h1-11,13H,12H2,(H2,26,29). The predicted octanol–water partition coefficient (Wildman–Crippen LogP) is 4.60. The highest BCUT2D eigenvalue weighted by molar-refractivity contribution is 5.96. The molecule has 0 spiro atoms. The molecule has 4 rings (SSSR count). The highest BCUT2D eigenvalue weighted by Gasteiger charge is 2.30. The topological polar surface area (TPSA) is 79.4 Å². The number of nitrogens with zero attached hydrogens (tertiary/aromatic N) is 2. The molecule has 0 aliphatic carbocycles. The summed E-state index contributed by atoms with van der Waals surface area (Å²) >= 11 is 0. The first kappa shape index (κ1) is 20.3. The third-order valence-electron chi connectivity index (χ3n) is 4.51. The van der Waals surface area contributed by atoms with E-state index in [1.54, 1.807) is 36.7 Å². The highest BCUT2D eigenvalue weighted by Crippen LogP contribution is 2.24. The van der Waals surface area contributed by atoms with Crippen LogP contribution in [0.3, 0.4) is 0 Å². The first-order valence-corrected chi connectivity index (χ1v) is 9.13. The molecule has 2 N–H and O–H groups in total. The average Bonchev–Trinajstić information content (AvgIpc) is 3.16. The van der Waals surface area contributed by atoms with Gasteiger partial charge in [0.05, 0.1) is 11.0 Å². The SMILES string of the molecule is NC(=O)c1ccc2c(c1)ncn2-c1ccc(OCc2ccc(OC(F)(F)F)cc2)cc1. The van der Waals surface area contributed by atoms with E-state index >= 15 is 0 Å². The van der Waals surface area contributed by atoms with Gasteiger partial charge < -0.3 is 15.2 Å². The lowest BCUT2D eigenvalue weighted by Gasteiger charge is -2.10. The zero-order valence-corrected chi connectivity index (χ0v) is 16.0. The van der Waals surface area contributed by atoms with Crippen LogP contribution in [0, 0.1) is 0 Å². The zero-order chi connectivity index (χ0) is 22.0. The third kappa shape index (κ3) is 4.77. The van der Waals surface area contributed by atoms with Crippen molar-refractivity contribution in [2.24, 2.45) is 5.73 Å². The van der Waals surface area contributed by atoms with Gasteiger partial charge in [-0.05, 0) is 60.2 Å². The Bertz CT molecular complexity index is 1220. The van der Waals surface area contributed by atoms with E-state index in [2.05, 4.69) is 9.72 Å². The van der Waals surface area contributed by atoms with Gasteiger partial charge in [0, 0.05) is 11.3 Å². The minimum absolute atomic E-state index is 0.190. The molecule has 4 aromatic rings. The van der Waals surface area contributed by atoms with E-state index < -0.39 is 12.3 Å². The molecule has 31 heavy (non-hydrogen) atoms. The molecule has 3 aromatic carbocycles. The largest absolute Gasteiger partial charge is 0.573 e. The second-order valence-electron chi connectivity index (χ2n) is 6.66. The van der Waals surface area contributed by atoms with Crippen molar-refractivity contribution < 1.29 is 27.4 Å².